The molecular formula is C13H16FNO2. The summed E-state index contributed by atoms with van der Waals surface area (Å²) in [4.78, 5) is 13.6. The van der Waals surface area contributed by atoms with Gasteiger partial charge in [-0.25, -0.2) is 4.39 Å². The molecule has 0 aromatic heterocycles. The molecule has 1 N–H and O–H groups in total. The highest BCUT2D eigenvalue weighted by molar-refractivity contribution is 5.94. The zero-order chi connectivity index (χ0) is 12.4. The number of hydrogen-bond donors (Lipinski definition) is 1. The molecule has 1 aromatic carbocycles. The highest BCUT2D eigenvalue weighted by Gasteiger charge is 2.24. The first-order chi connectivity index (χ1) is 8.08. The topological polar surface area (TPSA) is 40.5 Å². The molecular weight excluding hydrogens is 221 g/mol. The minimum absolute atomic E-state index is 0.0877. The summed E-state index contributed by atoms with van der Waals surface area (Å²) in [5.41, 5.74) is 0.877. The molecule has 2 rings (SSSR count). The predicted molar refractivity (Wildman–Crippen MR) is 62.3 cm³/mol. The van der Waals surface area contributed by atoms with Crippen molar-refractivity contribution in [3.05, 3.63) is 35.1 Å². The number of aliphatic hydroxyl groups is 1. The predicted octanol–water partition coefficient (Wildman–Crippen LogP) is 1.73. The zero-order valence-corrected chi connectivity index (χ0v) is 9.82. The monoisotopic (exact) mass is 237 g/mol. The number of β-amino-alcohol motifs (C(OH)–C–C–N with tert-alkyl or cyclic N) is 1. The van der Waals surface area contributed by atoms with E-state index in [0.29, 0.717) is 19.5 Å². The second-order valence-electron chi connectivity index (χ2n) is 4.53. The largest absolute Gasteiger partial charge is 0.391 e. The fourth-order valence-electron chi connectivity index (χ4n) is 2.10. The van der Waals surface area contributed by atoms with Crippen LogP contribution in [0.3, 0.4) is 0 Å². The van der Waals surface area contributed by atoms with Crippen molar-refractivity contribution < 1.29 is 14.3 Å². The lowest BCUT2D eigenvalue weighted by Gasteiger charge is -2.30. The highest BCUT2D eigenvalue weighted by Crippen LogP contribution is 2.16. The molecule has 1 amide bonds. The van der Waals surface area contributed by atoms with Crippen LogP contribution in [-0.4, -0.2) is 35.1 Å². The lowest BCUT2D eigenvalue weighted by atomic mass is 10.1. The van der Waals surface area contributed by atoms with Gasteiger partial charge in [-0.05, 0) is 37.5 Å². The Balaban J connectivity index is 2.18. The number of benzene rings is 1. The van der Waals surface area contributed by atoms with Gasteiger partial charge in [-0.1, -0.05) is 6.07 Å². The molecule has 0 radical (unpaired) electrons. The lowest BCUT2D eigenvalue weighted by molar-refractivity contribution is 0.0470. The van der Waals surface area contributed by atoms with E-state index in [9.17, 15) is 14.3 Å². The summed E-state index contributed by atoms with van der Waals surface area (Å²) in [6.45, 7) is 2.66. The molecule has 1 fully saturated rings. The fourth-order valence-corrected chi connectivity index (χ4v) is 2.10. The van der Waals surface area contributed by atoms with Gasteiger partial charge < -0.3 is 10.0 Å². The number of aliphatic hydroxyl groups excluding tert-OH is 1. The molecule has 1 aromatic rings. The molecule has 0 spiro atoms. The van der Waals surface area contributed by atoms with Crippen LogP contribution in [0.5, 0.6) is 0 Å². The van der Waals surface area contributed by atoms with Crippen molar-refractivity contribution in [3.8, 4) is 0 Å². The second kappa shape index (κ2) is 4.84. The molecule has 0 aliphatic carbocycles. The fraction of sp³-hybridized carbons (Fsp3) is 0.462. The van der Waals surface area contributed by atoms with Gasteiger partial charge in [-0.2, -0.15) is 0 Å². The third-order valence-corrected chi connectivity index (χ3v) is 3.04. The summed E-state index contributed by atoms with van der Waals surface area (Å²) in [7, 11) is 0. The number of carbonyl (C=O) groups excluding carboxylic acids is 1. The molecule has 0 saturated carbocycles. The number of carbonyl (C=O) groups is 1. The lowest BCUT2D eigenvalue weighted by Crippen LogP contribution is -2.42. The van der Waals surface area contributed by atoms with Crippen LogP contribution in [0.2, 0.25) is 0 Å². The van der Waals surface area contributed by atoms with Crippen molar-refractivity contribution in [1.29, 1.82) is 0 Å². The first-order valence-electron chi connectivity index (χ1n) is 5.81. The van der Waals surface area contributed by atoms with Crippen molar-refractivity contribution in [2.24, 2.45) is 0 Å². The molecule has 92 valence electrons. The molecule has 1 aliphatic heterocycles. The van der Waals surface area contributed by atoms with E-state index >= 15 is 0 Å². The Morgan fingerprint density at radius 2 is 2.29 bits per heavy atom. The van der Waals surface area contributed by atoms with Crippen molar-refractivity contribution in [3.63, 3.8) is 0 Å². The van der Waals surface area contributed by atoms with E-state index in [1.165, 1.54) is 17.0 Å². The Morgan fingerprint density at radius 3 is 2.94 bits per heavy atom. The Bertz CT molecular complexity index is 433. The van der Waals surface area contributed by atoms with Crippen molar-refractivity contribution in [2.45, 2.75) is 25.9 Å². The number of piperidine rings is 1. The van der Waals surface area contributed by atoms with Gasteiger partial charge in [0.2, 0.25) is 0 Å². The van der Waals surface area contributed by atoms with Gasteiger partial charge in [0.05, 0.1) is 11.7 Å². The van der Waals surface area contributed by atoms with Crippen LogP contribution < -0.4 is 0 Å². The number of aryl methyl sites for hydroxylation is 1. The van der Waals surface area contributed by atoms with Crippen LogP contribution in [0.4, 0.5) is 4.39 Å². The third kappa shape index (κ3) is 2.64. The maximum Gasteiger partial charge on any atom is 0.256 e. The first kappa shape index (κ1) is 12.0. The minimum Gasteiger partial charge on any atom is -0.391 e. The van der Waals surface area contributed by atoms with E-state index < -0.39 is 11.9 Å². The zero-order valence-electron chi connectivity index (χ0n) is 9.82. The standard InChI is InChI=1S/C13H16FNO2/c1-9-4-5-11(12(14)7-9)13(17)15-6-2-3-10(16)8-15/h4-5,7,10,16H,2-3,6,8H2,1H3/t10-/m0/s1. The minimum atomic E-state index is -0.491. The highest BCUT2D eigenvalue weighted by atomic mass is 19.1. The van der Waals surface area contributed by atoms with Crippen LogP contribution in [0.1, 0.15) is 28.8 Å². The quantitative estimate of drug-likeness (QED) is 0.808. The third-order valence-electron chi connectivity index (χ3n) is 3.04. The number of rotatable bonds is 1. The maximum atomic E-state index is 13.6. The number of likely N-dealkylation sites (tertiary alicyclic amines) is 1. The number of hydrogen-bond acceptors (Lipinski definition) is 2. The Labute approximate surface area is 99.9 Å². The van der Waals surface area contributed by atoms with E-state index in [1.54, 1.807) is 13.0 Å². The van der Waals surface area contributed by atoms with E-state index in [1.807, 2.05) is 0 Å². The van der Waals surface area contributed by atoms with Gasteiger partial charge in [-0.3, -0.25) is 4.79 Å². The van der Waals surface area contributed by atoms with Gasteiger partial charge in [0.25, 0.3) is 5.91 Å². The first-order valence-corrected chi connectivity index (χ1v) is 5.81. The maximum absolute atomic E-state index is 13.6. The summed E-state index contributed by atoms with van der Waals surface area (Å²) >= 11 is 0. The molecule has 4 heteroatoms. The normalized spacial score (nSPS) is 20.4. The van der Waals surface area contributed by atoms with Crippen LogP contribution in [0, 0.1) is 12.7 Å². The van der Waals surface area contributed by atoms with Crippen LogP contribution >= 0.6 is 0 Å². The van der Waals surface area contributed by atoms with Gasteiger partial charge >= 0.3 is 0 Å². The van der Waals surface area contributed by atoms with Crippen molar-refractivity contribution >= 4 is 5.91 Å². The number of nitrogens with zero attached hydrogens (tertiary/aromatic N) is 1. The summed E-state index contributed by atoms with van der Waals surface area (Å²) in [6, 6.07) is 4.58. The summed E-state index contributed by atoms with van der Waals surface area (Å²) in [6.07, 6.45) is 0.988. The van der Waals surface area contributed by atoms with E-state index in [4.69, 9.17) is 0 Å². The van der Waals surface area contributed by atoms with Gasteiger partial charge in [0.1, 0.15) is 5.82 Å². The molecule has 3 nitrogen and oxygen atoms in total. The Kier molecular flexibility index (Phi) is 3.43. The van der Waals surface area contributed by atoms with Crippen LogP contribution in [0.25, 0.3) is 0 Å². The molecule has 1 atom stereocenters. The van der Waals surface area contributed by atoms with E-state index in [2.05, 4.69) is 0 Å². The number of amides is 1. The van der Waals surface area contributed by atoms with E-state index in [0.717, 1.165) is 12.0 Å². The van der Waals surface area contributed by atoms with Crippen LogP contribution in [-0.2, 0) is 0 Å². The summed E-state index contributed by atoms with van der Waals surface area (Å²) in [5, 5.41) is 9.50. The molecule has 17 heavy (non-hydrogen) atoms. The van der Waals surface area contributed by atoms with Gasteiger partial charge in [0.15, 0.2) is 0 Å². The summed E-state index contributed by atoms with van der Waals surface area (Å²) in [5.74, 6) is -0.823. The molecule has 1 aliphatic rings. The number of halogens is 1. The molecule has 1 heterocycles. The molecule has 0 unspecified atom stereocenters. The average molecular weight is 237 g/mol. The van der Waals surface area contributed by atoms with Crippen LogP contribution in [0.15, 0.2) is 18.2 Å². The van der Waals surface area contributed by atoms with Gasteiger partial charge in [-0.15, -0.1) is 0 Å². The Hall–Kier alpha value is -1.42. The van der Waals surface area contributed by atoms with Crippen molar-refractivity contribution in [2.75, 3.05) is 13.1 Å². The Morgan fingerprint density at radius 1 is 1.53 bits per heavy atom. The molecule has 1 saturated heterocycles. The SMILES string of the molecule is Cc1ccc(C(=O)N2CCC[C@H](O)C2)c(F)c1. The van der Waals surface area contributed by atoms with Gasteiger partial charge in [0, 0.05) is 13.1 Å². The molecule has 0 bridgehead atoms. The summed E-state index contributed by atoms with van der Waals surface area (Å²) < 4.78 is 13.6. The van der Waals surface area contributed by atoms with Crippen molar-refractivity contribution in [1.82, 2.24) is 4.90 Å². The second-order valence-corrected chi connectivity index (χ2v) is 4.53. The smallest absolute Gasteiger partial charge is 0.256 e. The average Bonchev–Trinajstić information content (AvgIpc) is 2.28. The van der Waals surface area contributed by atoms with E-state index in [-0.39, 0.29) is 11.5 Å².